The molecule has 0 saturated carbocycles. The van der Waals surface area contributed by atoms with E-state index < -0.39 is 32.4 Å². The van der Waals surface area contributed by atoms with Gasteiger partial charge in [0.15, 0.2) is 16.4 Å². The summed E-state index contributed by atoms with van der Waals surface area (Å²) in [5.74, 6) is -0.647. The summed E-state index contributed by atoms with van der Waals surface area (Å²) in [7, 11) is -7.58. The number of aromatic nitrogens is 2. The number of para-hydroxylation sites is 2. The smallest absolute Gasteiger partial charge is 0.312 e. The van der Waals surface area contributed by atoms with E-state index in [-0.39, 0.29) is 26.5 Å². The number of fused-ring (bicyclic) bond motifs is 1. The number of halogens is 1. The van der Waals surface area contributed by atoms with Gasteiger partial charge in [-0.25, -0.2) is 16.8 Å². The van der Waals surface area contributed by atoms with E-state index in [1.165, 1.54) is 18.2 Å². The maximum Gasteiger partial charge on any atom is 0.312 e. The average molecular weight is 548 g/mol. The molecule has 3 aromatic carbocycles. The van der Waals surface area contributed by atoms with Gasteiger partial charge in [0.05, 0.1) is 31.5 Å². The predicted octanol–water partition coefficient (Wildman–Crippen LogP) is 3.96. The van der Waals surface area contributed by atoms with Crippen LogP contribution in [0.3, 0.4) is 0 Å². The molecular weight excluding hydrogens is 526 g/mol. The van der Waals surface area contributed by atoms with Crippen LogP contribution in [0.5, 0.6) is 6.01 Å². The third-order valence-corrected chi connectivity index (χ3v) is 8.29. The maximum atomic E-state index is 13.6. The molecule has 4 rings (SSSR count). The number of nitrogens with one attached hydrogen (secondary N) is 1. The highest BCUT2D eigenvalue weighted by Gasteiger charge is 2.26. The minimum atomic E-state index is -4.11. The average Bonchev–Trinajstić information content (AvgIpc) is 3.17. The minimum Gasteiger partial charge on any atom is -0.454 e. The Morgan fingerprint density at radius 2 is 1.64 bits per heavy atom. The fourth-order valence-corrected chi connectivity index (χ4v) is 6.17. The highest BCUT2D eigenvalue weighted by atomic mass is 35.5. The molecular formula is C24H22ClN3O6S2. The zero-order chi connectivity index (χ0) is 26.3. The topological polar surface area (TPSA) is 124 Å². The highest BCUT2D eigenvalue weighted by molar-refractivity contribution is 7.90. The molecule has 0 unspecified atom stereocenters. The molecule has 1 aromatic heterocycles. The van der Waals surface area contributed by atoms with Crippen molar-refractivity contribution >= 4 is 54.1 Å². The zero-order valence-corrected chi connectivity index (χ0v) is 21.9. The van der Waals surface area contributed by atoms with Gasteiger partial charge < -0.3 is 10.1 Å². The van der Waals surface area contributed by atoms with Crippen molar-refractivity contribution in [1.82, 2.24) is 8.96 Å². The Hall–Kier alpha value is -3.41. The Morgan fingerprint density at radius 3 is 2.28 bits per heavy atom. The van der Waals surface area contributed by atoms with E-state index >= 15 is 0 Å². The van der Waals surface area contributed by atoms with Gasteiger partial charge in [-0.1, -0.05) is 29.8 Å². The molecule has 1 heterocycles. The summed E-state index contributed by atoms with van der Waals surface area (Å²) in [4.78, 5) is 16.9. The fraction of sp³-hybridized carbons (Fsp3) is 0.167. The Kier molecular flexibility index (Phi) is 6.82. The molecule has 0 aliphatic heterocycles. The van der Waals surface area contributed by atoms with E-state index in [0.717, 1.165) is 21.4 Å². The summed E-state index contributed by atoms with van der Waals surface area (Å²) >= 11 is 6.11. The van der Waals surface area contributed by atoms with Crippen molar-refractivity contribution in [3.8, 4) is 6.01 Å². The lowest BCUT2D eigenvalue weighted by Gasteiger charge is -2.13. The highest BCUT2D eigenvalue weighted by Crippen LogP contribution is 2.29. The SMILES string of the molecule is Cc1cc(C)cc(S(=O)(=O)n2c(OCC(=O)Nc3ccc(S(C)(=O)=O)cc3Cl)nc3ccccc32)c1. The summed E-state index contributed by atoms with van der Waals surface area (Å²) in [5, 5.41) is 2.54. The normalized spacial score (nSPS) is 12.0. The monoisotopic (exact) mass is 547 g/mol. The molecule has 0 spiro atoms. The predicted molar refractivity (Wildman–Crippen MR) is 137 cm³/mol. The fourth-order valence-electron chi connectivity index (χ4n) is 3.64. The summed E-state index contributed by atoms with van der Waals surface area (Å²) in [6, 6.07) is 15.2. The number of imidazole rings is 1. The molecule has 4 aromatic rings. The third-order valence-electron chi connectivity index (χ3n) is 5.20. The number of aryl methyl sites for hydroxylation is 2. The summed E-state index contributed by atoms with van der Waals surface area (Å²) in [6.07, 6.45) is 1.04. The number of carbonyl (C=O) groups excluding carboxylic acids is 1. The van der Waals surface area contributed by atoms with Gasteiger partial charge in [0.2, 0.25) is 0 Å². The minimum absolute atomic E-state index is 0.00654. The van der Waals surface area contributed by atoms with Crippen LogP contribution in [-0.4, -0.2) is 44.6 Å². The molecule has 0 saturated heterocycles. The van der Waals surface area contributed by atoms with Crippen LogP contribution >= 0.6 is 11.6 Å². The summed E-state index contributed by atoms with van der Waals surface area (Å²) in [6.45, 7) is 3.02. The van der Waals surface area contributed by atoms with E-state index in [2.05, 4.69) is 10.3 Å². The van der Waals surface area contributed by atoms with Crippen molar-refractivity contribution in [2.75, 3.05) is 18.2 Å². The molecule has 12 heteroatoms. The van der Waals surface area contributed by atoms with Crippen molar-refractivity contribution in [2.24, 2.45) is 0 Å². The Balaban J connectivity index is 1.63. The van der Waals surface area contributed by atoms with Gasteiger partial charge >= 0.3 is 6.01 Å². The van der Waals surface area contributed by atoms with Crippen LogP contribution in [0, 0.1) is 13.8 Å². The molecule has 0 fully saturated rings. The van der Waals surface area contributed by atoms with Gasteiger partial charge in [0.25, 0.3) is 15.9 Å². The molecule has 36 heavy (non-hydrogen) atoms. The van der Waals surface area contributed by atoms with Crippen LogP contribution in [-0.2, 0) is 24.7 Å². The number of amides is 1. The summed E-state index contributed by atoms with van der Waals surface area (Å²) < 4.78 is 57.1. The van der Waals surface area contributed by atoms with Gasteiger partial charge in [-0.3, -0.25) is 4.79 Å². The third kappa shape index (κ3) is 5.23. The first-order valence-corrected chi connectivity index (χ1v) is 14.3. The van der Waals surface area contributed by atoms with Crippen LogP contribution in [0.15, 0.2) is 70.5 Å². The van der Waals surface area contributed by atoms with Crippen molar-refractivity contribution < 1.29 is 26.4 Å². The number of nitrogens with zero attached hydrogens (tertiary/aromatic N) is 2. The van der Waals surface area contributed by atoms with Gasteiger partial charge in [-0.05, 0) is 67.4 Å². The standard InChI is InChI=1S/C24H22ClN3O6S2/c1-15-10-16(2)12-18(11-15)36(32,33)28-22-7-5-4-6-21(22)27-24(28)34-14-23(29)26-20-9-8-17(13-19(20)25)35(3,30)31/h4-13H,14H2,1-3H3,(H,26,29). The second-order valence-corrected chi connectivity index (χ2v) is 12.4. The van der Waals surface area contributed by atoms with Gasteiger partial charge in [-0.2, -0.15) is 8.96 Å². The molecule has 1 amide bonds. The molecule has 9 nitrogen and oxygen atoms in total. The number of hydrogen-bond acceptors (Lipinski definition) is 7. The van der Waals surface area contributed by atoms with Crippen LogP contribution < -0.4 is 10.1 Å². The second kappa shape index (κ2) is 9.57. The number of benzene rings is 3. The first-order valence-electron chi connectivity index (χ1n) is 10.6. The van der Waals surface area contributed by atoms with E-state index in [4.69, 9.17) is 16.3 Å². The molecule has 0 atom stereocenters. The summed E-state index contributed by atoms with van der Waals surface area (Å²) in [5.41, 5.74) is 2.40. The van der Waals surface area contributed by atoms with Crippen molar-refractivity contribution in [3.63, 3.8) is 0 Å². The molecule has 188 valence electrons. The lowest BCUT2D eigenvalue weighted by atomic mass is 10.2. The molecule has 0 radical (unpaired) electrons. The first-order chi connectivity index (χ1) is 16.9. The number of ether oxygens (including phenoxy) is 1. The zero-order valence-electron chi connectivity index (χ0n) is 19.5. The van der Waals surface area contributed by atoms with E-state index in [1.807, 2.05) is 6.07 Å². The van der Waals surface area contributed by atoms with E-state index in [0.29, 0.717) is 11.0 Å². The second-order valence-electron chi connectivity index (χ2n) is 8.23. The maximum absolute atomic E-state index is 13.6. The Morgan fingerprint density at radius 1 is 0.972 bits per heavy atom. The molecule has 1 N–H and O–H groups in total. The lowest BCUT2D eigenvalue weighted by molar-refractivity contribution is -0.118. The van der Waals surface area contributed by atoms with Crippen LogP contribution in [0.4, 0.5) is 5.69 Å². The van der Waals surface area contributed by atoms with Gasteiger partial charge in [-0.15, -0.1) is 0 Å². The largest absolute Gasteiger partial charge is 0.454 e. The number of rotatable bonds is 7. The van der Waals surface area contributed by atoms with Gasteiger partial charge in [0, 0.05) is 6.26 Å². The van der Waals surface area contributed by atoms with Crippen molar-refractivity contribution in [3.05, 3.63) is 76.8 Å². The van der Waals surface area contributed by atoms with E-state index in [9.17, 15) is 21.6 Å². The first kappa shape index (κ1) is 25.7. The lowest BCUT2D eigenvalue weighted by Crippen LogP contribution is -2.23. The Bertz CT molecular complexity index is 1690. The van der Waals surface area contributed by atoms with E-state index in [1.54, 1.807) is 50.2 Å². The number of carbonyl (C=O) groups is 1. The Labute approximate surface area is 213 Å². The molecule has 0 aliphatic carbocycles. The van der Waals surface area contributed by atoms with Gasteiger partial charge in [0.1, 0.15) is 0 Å². The van der Waals surface area contributed by atoms with Crippen molar-refractivity contribution in [2.45, 2.75) is 23.6 Å². The number of sulfone groups is 1. The van der Waals surface area contributed by atoms with Crippen LogP contribution in [0.2, 0.25) is 5.02 Å². The van der Waals surface area contributed by atoms with Crippen LogP contribution in [0.1, 0.15) is 11.1 Å². The van der Waals surface area contributed by atoms with Crippen LogP contribution in [0.25, 0.3) is 11.0 Å². The quantitative estimate of drug-likeness (QED) is 0.371. The molecule has 0 bridgehead atoms. The molecule has 0 aliphatic rings. The van der Waals surface area contributed by atoms with Crippen molar-refractivity contribution in [1.29, 1.82) is 0 Å². The number of hydrogen-bond donors (Lipinski definition) is 1. The number of anilines is 1.